The van der Waals surface area contributed by atoms with E-state index in [4.69, 9.17) is 5.11 Å². The molecule has 2 nitrogen and oxygen atoms in total. The van der Waals surface area contributed by atoms with E-state index in [1.165, 1.54) is 0 Å². The Bertz CT molecular complexity index is 150. The second-order valence-electron chi connectivity index (χ2n) is 2.99. The number of carboxylic acid groups (broad SMARTS) is 1. The summed E-state index contributed by atoms with van der Waals surface area (Å²) in [5.74, 6) is -0.924. The first-order valence-corrected chi connectivity index (χ1v) is 3.95. The molecule has 2 heteroatoms. The molecule has 0 aromatic carbocycles. The predicted octanol–water partition coefficient (Wildman–Crippen LogP) is 2.45. The Labute approximate surface area is 67.9 Å². The van der Waals surface area contributed by atoms with Gasteiger partial charge in [0.2, 0.25) is 0 Å². The number of hydrogen-bond donors (Lipinski definition) is 1. The molecule has 11 heavy (non-hydrogen) atoms. The lowest BCUT2D eigenvalue weighted by atomic mass is 9.97. The largest absolute Gasteiger partial charge is 0.481 e. The van der Waals surface area contributed by atoms with E-state index in [0.717, 1.165) is 18.4 Å². The molecule has 0 aromatic rings. The van der Waals surface area contributed by atoms with Crippen LogP contribution in [0.5, 0.6) is 0 Å². The second kappa shape index (κ2) is 4.94. The number of carboxylic acids is 1. The van der Waals surface area contributed by atoms with Crippen LogP contribution >= 0.6 is 0 Å². The minimum atomic E-state index is -0.699. The molecule has 0 aromatic heterocycles. The van der Waals surface area contributed by atoms with Gasteiger partial charge in [0.25, 0.3) is 0 Å². The van der Waals surface area contributed by atoms with Crippen molar-refractivity contribution < 1.29 is 9.90 Å². The zero-order chi connectivity index (χ0) is 8.85. The second-order valence-corrected chi connectivity index (χ2v) is 2.99. The molecule has 0 aliphatic rings. The van der Waals surface area contributed by atoms with Crippen molar-refractivity contribution in [2.45, 2.75) is 33.1 Å². The maximum atomic E-state index is 10.6. The van der Waals surface area contributed by atoms with Crippen LogP contribution in [0.15, 0.2) is 12.2 Å². The Kier molecular flexibility index (Phi) is 4.59. The standard InChI is InChI=1S/C9H16O2/c1-4-5-8(9(10)11)6-7(2)3/h8H,2,4-6H2,1,3H3,(H,10,11)/t8-/m1/s1. The number of aliphatic carboxylic acids is 1. The monoisotopic (exact) mass is 156 g/mol. The van der Waals surface area contributed by atoms with Crippen LogP contribution in [0.1, 0.15) is 33.1 Å². The Hall–Kier alpha value is -0.790. The summed E-state index contributed by atoms with van der Waals surface area (Å²) in [7, 11) is 0. The van der Waals surface area contributed by atoms with Crippen molar-refractivity contribution >= 4 is 5.97 Å². The minimum Gasteiger partial charge on any atom is -0.481 e. The molecule has 0 radical (unpaired) electrons. The highest BCUT2D eigenvalue weighted by Crippen LogP contribution is 2.15. The summed E-state index contributed by atoms with van der Waals surface area (Å²) in [5, 5.41) is 8.71. The van der Waals surface area contributed by atoms with Gasteiger partial charge in [-0.25, -0.2) is 0 Å². The molecule has 0 aliphatic heterocycles. The zero-order valence-corrected chi connectivity index (χ0v) is 7.26. The average molecular weight is 156 g/mol. The smallest absolute Gasteiger partial charge is 0.306 e. The summed E-state index contributed by atoms with van der Waals surface area (Å²) < 4.78 is 0. The van der Waals surface area contributed by atoms with Gasteiger partial charge >= 0.3 is 5.97 Å². The van der Waals surface area contributed by atoms with Gasteiger partial charge in [0.05, 0.1) is 5.92 Å². The highest BCUT2D eigenvalue weighted by Gasteiger charge is 2.15. The predicted molar refractivity (Wildman–Crippen MR) is 45.5 cm³/mol. The minimum absolute atomic E-state index is 0.225. The molecule has 64 valence electrons. The maximum absolute atomic E-state index is 10.6. The molecule has 0 heterocycles. The molecule has 0 amide bonds. The van der Waals surface area contributed by atoms with E-state index in [9.17, 15) is 4.79 Å². The third-order valence-electron chi connectivity index (χ3n) is 1.58. The van der Waals surface area contributed by atoms with E-state index < -0.39 is 5.97 Å². The fourth-order valence-electron chi connectivity index (χ4n) is 1.08. The molecule has 0 saturated heterocycles. The van der Waals surface area contributed by atoms with E-state index in [1.807, 2.05) is 13.8 Å². The summed E-state index contributed by atoms with van der Waals surface area (Å²) >= 11 is 0. The molecule has 1 N–H and O–H groups in total. The van der Waals surface area contributed by atoms with Gasteiger partial charge in [-0.3, -0.25) is 4.79 Å². The summed E-state index contributed by atoms with van der Waals surface area (Å²) in [6.45, 7) is 7.56. The third kappa shape index (κ3) is 4.59. The van der Waals surface area contributed by atoms with Crippen LogP contribution in [-0.4, -0.2) is 11.1 Å². The number of carbonyl (C=O) groups is 1. The number of rotatable bonds is 5. The van der Waals surface area contributed by atoms with E-state index in [2.05, 4.69) is 6.58 Å². The summed E-state index contributed by atoms with van der Waals surface area (Å²) in [6, 6.07) is 0. The first-order chi connectivity index (χ1) is 5.07. The summed E-state index contributed by atoms with van der Waals surface area (Å²) in [4.78, 5) is 10.6. The number of hydrogen-bond acceptors (Lipinski definition) is 1. The Morgan fingerprint density at radius 2 is 2.18 bits per heavy atom. The quantitative estimate of drug-likeness (QED) is 0.621. The molecule has 0 bridgehead atoms. The van der Waals surface area contributed by atoms with E-state index >= 15 is 0 Å². The normalized spacial score (nSPS) is 12.5. The maximum Gasteiger partial charge on any atom is 0.306 e. The lowest BCUT2D eigenvalue weighted by Gasteiger charge is -2.09. The average Bonchev–Trinajstić information content (AvgIpc) is 1.86. The lowest BCUT2D eigenvalue weighted by molar-refractivity contribution is -0.141. The molecular weight excluding hydrogens is 140 g/mol. The van der Waals surface area contributed by atoms with Crippen molar-refractivity contribution in [3.05, 3.63) is 12.2 Å². The molecule has 0 spiro atoms. The van der Waals surface area contributed by atoms with E-state index in [1.54, 1.807) is 0 Å². The van der Waals surface area contributed by atoms with Crippen molar-refractivity contribution in [3.63, 3.8) is 0 Å². The van der Waals surface area contributed by atoms with Crippen molar-refractivity contribution in [1.29, 1.82) is 0 Å². The summed E-state index contributed by atoms with van der Waals surface area (Å²) in [5.41, 5.74) is 0.950. The van der Waals surface area contributed by atoms with Crippen LogP contribution in [0, 0.1) is 5.92 Å². The van der Waals surface area contributed by atoms with E-state index in [0.29, 0.717) is 6.42 Å². The molecule has 0 rings (SSSR count). The first-order valence-electron chi connectivity index (χ1n) is 3.95. The lowest BCUT2D eigenvalue weighted by Crippen LogP contribution is -2.13. The molecule has 0 unspecified atom stereocenters. The van der Waals surface area contributed by atoms with Crippen molar-refractivity contribution in [1.82, 2.24) is 0 Å². The van der Waals surface area contributed by atoms with Crippen LogP contribution in [0.2, 0.25) is 0 Å². The molecule has 1 atom stereocenters. The van der Waals surface area contributed by atoms with Crippen LogP contribution in [0.25, 0.3) is 0 Å². The van der Waals surface area contributed by atoms with E-state index in [-0.39, 0.29) is 5.92 Å². The van der Waals surface area contributed by atoms with Crippen LogP contribution in [0.3, 0.4) is 0 Å². The summed E-state index contributed by atoms with van der Waals surface area (Å²) in [6.07, 6.45) is 2.29. The Morgan fingerprint density at radius 3 is 2.45 bits per heavy atom. The van der Waals surface area contributed by atoms with Crippen LogP contribution < -0.4 is 0 Å². The Balaban J connectivity index is 3.89. The highest BCUT2D eigenvalue weighted by atomic mass is 16.4. The zero-order valence-electron chi connectivity index (χ0n) is 7.26. The first kappa shape index (κ1) is 10.2. The van der Waals surface area contributed by atoms with Gasteiger partial charge in [0.15, 0.2) is 0 Å². The van der Waals surface area contributed by atoms with Crippen LogP contribution in [-0.2, 0) is 4.79 Å². The SMILES string of the molecule is C=C(C)C[C@@H](CCC)C(=O)O. The van der Waals surface area contributed by atoms with Gasteiger partial charge in [0.1, 0.15) is 0 Å². The van der Waals surface area contributed by atoms with Crippen molar-refractivity contribution in [2.75, 3.05) is 0 Å². The van der Waals surface area contributed by atoms with Gasteiger partial charge in [-0.05, 0) is 19.8 Å². The van der Waals surface area contributed by atoms with Gasteiger partial charge in [0, 0.05) is 0 Å². The fraction of sp³-hybridized carbons (Fsp3) is 0.667. The van der Waals surface area contributed by atoms with Crippen molar-refractivity contribution in [2.24, 2.45) is 5.92 Å². The van der Waals surface area contributed by atoms with Gasteiger partial charge in [-0.1, -0.05) is 18.9 Å². The topological polar surface area (TPSA) is 37.3 Å². The molecule has 0 fully saturated rings. The van der Waals surface area contributed by atoms with Crippen LogP contribution in [0.4, 0.5) is 0 Å². The van der Waals surface area contributed by atoms with Gasteiger partial charge in [-0.15, -0.1) is 6.58 Å². The number of allylic oxidation sites excluding steroid dienone is 1. The Morgan fingerprint density at radius 1 is 1.64 bits per heavy atom. The molecule has 0 saturated carbocycles. The van der Waals surface area contributed by atoms with Crippen molar-refractivity contribution in [3.8, 4) is 0 Å². The van der Waals surface area contributed by atoms with Gasteiger partial charge < -0.3 is 5.11 Å². The highest BCUT2D eigenvalue weighted by molar-refractivity contribution is 5.70. The third-order valence-corrected chi connectivity index (χ3v) is 1.58. The molecule has 0 aliphatic carbocycles. The molecular formula is C9H16O2. The van der Waals surface area contributed by atoms with Gasteiger partial charge in [-0.2, -0.15) is 0 Å². The fourth-order valence-corrected chi connectivity index (χ4v) is 1.08.